The van der Waals surface area contributed by atoms with E-state index in [9.17, 15) is 22.4 Å². The van der Waals surface area contributed by atoms with Crippen molar-refractivity contribution in [3.8, 4) is 0 Å². The van der Waals surface area contributed by atoms with Crippen molar-refractivity contribution >= 4 is 39.1 Å². The van der Waals surface area contributed by atoms with Gasteiger partial charge < -0.3 is 10.2 Å². The third-order valence-electron chi connectivity index (χ3n) is 7.88. The number of nitrogens with one attached hydrogen (secondary N) is 1. The molecule has 0 saturated heterocycles. The number of aryl methyl sites for hydroxylation is 2. The number of nitrogens with zero attached hydrogens (tertiary/aromatic N) is 2. The van der Waals surface area contributed by atoms with E-state index in [1.54, 1.807) is 43.3 Å². The van der Waals surface area contributed by atoms with Gasteiger partial charge in [0, 0.05) is 23.2 Å². The first-order valence-corrected chi connectivity index (χ1v) is 16.0. The van der Waals surface area contributed by atoms with Gasteiger partial charge in [-0.2, -0.15) is 0 Å². The molecule has 1 unspecified atom stereocenters. The van der Waals surface area contributed by atoms with Gasteiger partial charge in [0.15, 0.2) is 0 Å². The topological polar surface area (TPSA) is 86.8 Å². The Kier molecular flexibility index (Phi) is 10.3. The second-order valence-electron chi connectivity index (χ2n) is 10.9. The summed E-state index contributed by atoms with van der Waals surface area (Å²) in [5.74, 6) is -1.51. The monoisotopic (exact) mass is 613 g/mol. The number of carbonyl (C=O) groups is 2. The van der Waals surface area contributed by atoms with Gasteiger partial charge >= 0.3 is 0 Å². The van der Waals surface area contributed by atoms with Gasteiger partial charge in [-0.05, 0) is 87.2 Å². The van der Waals surface area contributed by atoms with Crippen LogP contribution >= 0.6 is 11.6 Å². The summed E-state index contributed by atoms with van der Waals surface area (Å²) < 4.78 is 43.7. The van der Waals surface area contributed by atoms with E-state index in [0.717, 1.165) is 47.5 Å². The van der Waals surface area contributed by atoms with Crippen LogP contribution in [-0.2, 0) is 26.2 Å². The maximum atomic E-state index is 14.7. The highest BCUT2D eigenvalue weighted by Crippen LogP contribution is 2.27. The van der Waals surface area contributed by atoms with Gasteiger partial charge in [-0.25, -0.2) is 12.8 Å². The first kappa shape index (κ1) is 31.5. The molecule has 7 nitrogen and oxygen atoms in total. The Morgan fingerprint density at radius 1 is 0.976 bits per heavy atom. The molecule has 1 atom stereocenters. The Bertz CT molecular complexity index is 1520. The van der Waals surface area contributed by atoms with E-state index in [1.807, 2.05) is 13.8 Å². The van der Waals surface area contributed by atoms with Crippen molar-refractivity contribution in [1.82, 2.24) is 10.2 Å². The first-order valence-electron chi connectivity index (χ1n) is 14.2. The summed E-state index contributed by atoms with van der Waals surface area (Å²) in [6, 6.07) is 15.9. The van der Waals surface area contributed by atoms with E-state index in [4.69, 9.17) is 11.6 Å². The highest BCUT2D eigenvalue weighted by atomic mass is 35.5. The van der Waals surface area contributed by atoms with E-state index in [2.05, 4.69) is 5.32 Å². The molecular weight excluding hydrogens is 577 g/mol. The lowest BCUT2D eigenvalue weighted by atomic mass is 9.95. The lowest BCUT2D eigenvalue weighted by Crippen LogP contribution is -2.53. The normalized spacial score (nSPS) is 14.7. The van der Waals surface area contributed by atoms with Gasteiger partial charge in [0.25, 0.3) is 10.0 Å². The Labute approximate surface area is 252 Å². The van der Waals surface area contributed by atoms with Crippen LogP contribution in [0.15, 0.2) is 71.6 Å². The Balaban J connectivity index is 1.70. The lowest BCUT2D eigenvalue weighted by molar-refractivity contribution is -0.139. The maximum absolute atomic E-state index is 14.7. The number of benzene rings is 3. The number of anilines is 1. The van der Waals surface area contributed by atoms with Gasteiger partial charge in [0.1, 0.15) is 18.4 Å². The first-order chi connectivity index (χ1) is 20.0. The van der Waals surface area contributed by atoms with Crippen LogP contribution in [0.4, 0.5) is 10.1 Å². The summed E-state index contributed by atoms with van der Waals surface area (Å²) in [5.41, 5.74) is 2.33. The molecule has 0 aliphatic heterocycles. The Morgan fingerprint density at radius 2 is 1.64 bits per heavy atom. The Morgan fingerprint density at radius 3 is 2.29 bits per heavy atom. The van der Waals surface area contributed by atoms with Crippen molar-refractivity contribution < 1.29 is 22.4 Å². The molecule has 0 radical (unpaired) electrons. The average Bonchev–Trinajstić information content (AvgIpc) is 2.97. The van der Waals surface area contributed by atoms with Crippen LogP contribution in [0.25, 0.3) is 0 Å². The van der Waals surface area contributed by atoms with Gasteiger partial charge in [-0.1, -0.05) is 55.1 Å². The largest absolute Gasteiger partial charge is 0.352 e. The summed E-state index contributed by atoms with van der Waals surface area (Å²) in [6.07, 6.45) is 4.88. The van der Waals surface area contributed by atoms with Crippen LogP contribution in [0, 0.1) is 19.7 Å². The van der Waals surface area contributed by atoms with E-state index < -0.39 is 34.3 Å². The molecule has 0 spiro atoms. The van der Waals surface area contributed by atoms with Crippen LogP contribution in [0.1, 0.15) is 55.7 Å². The standard InChI is InChI=1S/C32H37ClFN3O4S/c1-22-13-16-28(19-23(22)2)37(42(40,41)29-17-14-26(33)15-18-29)21-31(38)36(20-25-9-7-8-12-30(25)34)24(3)32(39)35-27-10-5-4-6-11-27/h7-9,12-19,24,27H,4-6,10-11,20-21H2,1-3H3,(H,35,39). The molecule has 224 valence electrons. The van der Waals surface area contributed by atoms with Crippen molar-refractivity contribution in [2.75, 3.05) is 10.8 Å². The second-order valence-corrected chi connectivity index (χ2v) is 13.2. The van der Waals surface area contributed by atoms with Gasteiger partial charge in [0.2, 0.25) is 11.8 Å². The highest BCUT2D eigenvalue weighted by Gasteiger charge is 2.33. The number of halogens is 2. The summed E-state index contributed by atoms with van der Waals surface area (Å²) >= 11 is 6.01. The molecule has 4 rings (SSSR count). The predicted octanol–water partition coefficient (Wildman–Crippen LogP) is 6.16. The zero-order valence-electron chi connectivity index (χ0n) is 24.1. The quantitative estimate of drug-likeness (QED) is 0.297. The fourth-order valence-electron chi connectivity index (χ4n) is 5.10. The van der Waals surface area contributed by atoms with Crippen LogP contribution < -0.4 is 9.62 Å². The van der Waals surface area contributed by atoms with E-state index in [1.165, 1.54) is 35.2 Å². The molecule has 1 aliphatic carbocycles. The van der Waals surface area contributed by atoms with Crippen molar-refractivity contribution in [1.29, 1.82) is 0 Å². The van der Waals surface area contributed by atoms with Crippen LogP contribution in [0.3, 0.4) is 0 Å². The summed E-state index contributed by atoms with van der Waals surface area (Å²) in [4.78, 5) is 28.7. The van der Waals surface area contributed by atoms with Crippen LogP contribution in [-0.4, -0.2) is 43.8 Å². The molecular formula is C32H37ClFN3O4S. The summed E-state index contributed by atoms with van der Waals surface area (Å²) in [6.45, 7) is 4.56. The molecule has 3 aromatic rings. The SMILES string of the molecule is Cc1ccc(N(CC(=O)N(Cc2ccccc2F)C(C)C(=O)NC2CCCCC2)S(=O)(=O)c2ccc(Cl)cc2)cc1C. The van der Waals surface area contributed by atoms with Crippen LogP contribution in [0.2, 0.25) is 5.02 Å². The third-order valence-corrected chi connectivity index (χ3v) is 9.92. The minimum absolute atomic E-state index is 0.0106. The van der Waals surface area contributed by atoms with Gasteiger partial charge in [0.05, 0.1) is 10.6 Å². The van der Waals surface area contributed by atoms with Crippen molar-refractivity contribution in [2.45, 2.75) is 76.4 Å². The zero-order valence-corrected chi connectivity index (χ0v) is 25.7. The third kappa shape index (κ3) is 7.50. The minimum atomic E-state index is -4.23. The van der Waals surface area contributed by atoms with Crippen molar-refractivity contribution in [3.63, 3.8) is 0 Å². The Hall–Kier alpha value is -3.43. The molecule has 0 aromatic heterocycles. The molecule has 3 aromatic carbocycles. The van der Waals surface area contributed by atoms with E-state index >= 15 is 0 Å². The van der Waals surface area contributed by atoms with E-state index in [-0.39, 0.29) is 29.0 Å². The number of amides is 2. The minimum Gasteiger partial charge on any atom is -0.352 e. The second kappa shape index (κ2) is 13.7. The zero-order chi connectivity index (χ0) is 30.4. The molecule has 1 saturated carbocycles. The number of rotatable bonds is 10. The predicted molar refractivity (Wildman–Crippen MR) is 163 cm³/mol. The van der Waals surface area contributed by atoms with Crippen LogP contribution in [0.5, 0.6) is 0 Å². The summed E-state index contributed by atoms with van der Waals surface area (Å²) in [7, 11) is -4.23. The maximum Gasteiger partial charge on any atom is 0.264 e. The average molecular weight is 614 g/mol. The summed E-state index contributed by atoms with van der Waals surface area (Å²) in [5, 5.41) is 3.42. The number of carbonyl (C=O) groups excluding carboxylic acids is 2. The fourth-order valence-corrected chi connectivity index (χ4v) is 6.64. The molecule has 0 bridgehead atoms. The number of hydrogen-bond acceptors (Lipinski definition) is 4. The molecule has 1 aliphatic rings. The molecule has 2 amide bonds. The molecule has 1 fully saturated rings. The number of hydrogen-bond donors (Lipinski definition) is 1. The highest BCUT2D eigenvalue weighted by molar-refractivity contribution is 7.92. The van der Waals surface area contributed by atoms with E-state index in [0.29, 0.717) is 10.7 Å². The number of sulfonamides is 1. The van der Waals surface area contributed by atoms with Gasteiger partial charge in [-0.15, -0.1) is 0 Å². The van der Waals surface area contributed by atoms with Crippen molar-refractivity contribution in [3.05, 3.63) is 94.3 Å². The molecule has 1 N–H and O–H groups in total. The molecule has 42 heavy (non-hydrogen) atoms. The molecule has 10 heteroatoms. The van der Waals surface area contributed by atoms with Crippen molar-refractivity contribution in [2.24, 2.45) is 0 Å². The lowest BCUT2D eigenvalue weighted by Gasteiger charge is -2.33. The van der Waals surface area contributed by atoms with Gasteiger partial charge in [-0.3, -0.25) is 13.9 Å². The smallest absolute Gasteiger partial charge is 0.264 e. The molecule has 0 heterocycles. The fraction of sp³-hybridized carbons (Fsp3) is 0.375.